The molecule has 13 rings (SSSR count). The van der Waals surface area contributed by atoms with Gasteiger partial charge in [-0.2, -0.15) is 10.2 Å². The SMILES string of the molecule is C=CC(=O)OCC(COc1ccc(OC(=O)C2CCC(C(=O)Oc3ccc(OC(=O)C4CCC(C(=O)Oc5ccc(OC(=O)C=C)cc5)CC4)c(/C=N/Nc4nc5ccccc5s4)c3)CC2)cc1)OC(=O)C=C.C=CC(=O)OCCCCOCC(COc1ccc(C(=O)Oc2ccc(CCOC(=O)c3ccc(OCOC(=O)C=C)cc3)cc2/C=N/NC2c3ccccc3-c3ccccc32)cc1)OC(=O)C=C. The van der Waals surface area contributed by atoms with Crippen LogP contribution in [0, 0.1) is 23.7 Å². The van der Waals surface area contributed by atoms with Crippen LogP contribution in [0.3, 0.4) is 0 Å². The first-order valence-electron chi connectivity index (χ1n) is 44.9. The van der Waals surface area contributed by atoms with Gasteiger partial charge in [-0.15, -0.1) is 0 Å². The number of nitrogens with zero attached hydrogens (tertiary/aromatic N) is 3. The van der Waals surface area contributed by atoms with Gasteiger partial charge in [0.05, 0.1) is 83.3 Å². The summed E-state index contributed by atoms with van der Waals surface area (Å²) < 4.78 is 88.4. The molecule has 0 saturated heterocycles. The second-order valence-corrected chi connectivity index (χ2v) is 32.7. The van der Waals surface area contributed by atoms with Gasteiger partial charge in [-0.3, -0.25) is 30.0 Å². The minimum absolute atomic E-state index is 0.0405. The summed E-state index contributed by atoms with van der Waals surface area (Å²) in [5.74, 6) is -6.06. The lowest BCUT2D eigenvalue weighted by atomic mass is 9.82. The van der Waals surface area contributed by atoms with E-state index in [0.29, 0.717) is 122 Å². The van der Waals surface area contributed by atoms with Crippen molar-refractivity contribution in [3.05, 3.63) is 321 Å². The largest absolute Gasteiger partial charge is 0.490 e. The summed E-state index contributed by atoms with van der Waals surface area (Å²) in [4.78, 5) is 153. The zero-order valence-electron chi connectivity index (χ0n) is 76.6. The summed E-state index contributed by atoms with van der Waals surface area (Å²) in [7, 11) is 0. The normalized spacial score (nSPS) is 14.9. The van der Waals surface area contributed by atoms with Crippen molar-refractivity contribution in [2.24, 2.45) is 33.9 Å². The number of hydrogen-bond donors (Lipinski definition) is 2. The average Bonchev–Trinajstić information content (AvgIpc) is 1.61. The molecule has 2 N–H and O–H groups in total. The number of aromatic nitrogens is 1. The van der Waals surface area contributed by atoms with Crippen LogP contribution in [0.25, 0.3) is 21.3 Å². The monoisotopic (exact) mass is 1940 g/mol. The molecule has 0 radical (unpaired) electrons. The Labute approximate surface area is 815 Å². The topological polar surface area (TPSA) is 414 Å². The van der Waals surface area contributed by atoms with Gasteiger partial charge in [0.15, 0.2) is 12.2 Å². The zero-order valence-corrected chi connectivity index (χ0v) is 77.5. The molecule has 1 aromatic heterocycles. The maximum atomic E-state index is 13.6. The lowest BCUT2D eigenvalue weighted by Gasteiger charge is -2.26. The summed E-state index contributed by atoms with van der Waals surface area (Å²) in [5.41, 5.74) is 13.6. The molecule has 0 amide bonds. The van der Waals surface area contributed by atoms with E-state index in [4.69, 9.17) is 75.8 Å². The van der Waals surface area contributed by atoms with Gasteiger partial charge in [-0.25, -0.2) is 43.3 Å². The molecule has 2 saturated carbocycles. The second-order valence-electron chi connectivity index (χ2n) is 31.7. The van der Waals surface area contributed by atoms with Gasteiger partial charge in [-0.1, -0.05) is 118 Å². The fourth-order valence-corrected chi connectivity index (χ4v) is 15.5. The number of benzene rings is 9. The number of anilines is 1. The van der Waals surface area contributed by atoms with Crippen LogP contribution in [0.5, 0.6) is 51.7 Å². The molecule has 1 heterocycles. The molecule has 9 aromatic carbocycles. The van der Waals surface area contributed by atoms with Crippen molar-refractivity contribution in [2.75, 3.05) is 58.5 Å². The van der Waals surface area contributed by atoms with Gasteiger partial charge in [-0.05, 0) is 232 Å². The van der Waals surface area contributed by atoms with E-state index < -0.39 is 108 Å². The highest BCUT2D eigenvalue weighted by Gasteiger charge is 2.36. The molecule has 3 aliphatic rings. The lowest BCUT2D eigenvalue weighted by Crippen LogP contribution is -2.30. The Kier molecular flexibility index (Phi) is 38.9. The fraction of sp³-hybridized carbons (Fsp3) is 0.243. The predicted molar refractivity (Wildman–Crippen MR) is 517 cm³/mol. The number of ether oxygens (including phenoxy) is 16. The number of fused-ring (bicyclic) bond motifs is 4. The maximum absolute atomic E-state index is 13.6. The number of hydrogen-bond acceptors (Lipinski definition) is 34. The van der Waals surface area contributed by atoms with E-state index >= 15 is 0 Å². The van der Waals surface area contributed by atoms with Crippen LogP contribution in [-0.4, -0.2) is 154 Å². The number of unbranched alkanes of at least 4 members (excludes halogenated alkanes) is 1. The Hall–Kier alpha value is -16.8. The zero-order chi connectivity index (χ0) is 99.8. The van der Waals surface area contributed by atoms with E-state index in [1.54, 1.807) is 91.1 Å². The minimum Gasteiger partial charge on any atom is -0.490 e. The van der Waals surface area contributed by atoms with Crippen molar-refractivity contribution in [1.29, 1.82) is 0 Å². The first kappa shape index (κ1) is 103. The van der Waals surface area contributed by atoms with E-state index in [-0.39, 0.29) is 86.8 Å². The number of carbonyl (C=O) groups is 12. The summed E-state index contributed by atoms with van der Waals surface area (Å²) in [5, 5.41) is 9.53. The Balaban J connectivity index is 0.000000253. The number of carbonyl (C=O) groups excluding carboxylic acids is 12. The molecule has 2 unspecified atom stereocenters. The Morgan fingerprint density at radius 3 is 1.38 bits per heavy atom. The van der Waals surface area contributed by atoms with Crippen molar-refractivity contribution >= 4 is 111 Å². The van der Waals surface area contributed by atoms with Gasteiger partial charge in [0.1, 0.15) is 71.6 Å². The Bertz CT molecular complexity index is 6140. The van der Waals surface area contributed by atoms with E-state index in [1.165, 1.54) is 66.1 Å². The maximum Gasteiger partial charge on any atom is 0.343 e. The number of esters is 12. The number of rotatable bonds is 47. The summed E-state index contributed by atoms with van der Waals surface area (Å²) in [6, 6.07) is 58.2. The van der Waals surface area contributed by atoms with Crippen molar-refractivity contribution in [3.8, 4) is 62.9 Å². The van der Waals surface area contributed by atoms with Gasteiger partial charge in [0, 0.05) is 60.6 Å². The van der Waals surface area contributed by atoms with E-state index in [9.17, 15) is 57.5 Å². The Morgan fingerprint density at radius 2 is 0.823 bits per heavy atom. The van der Waals surface area contributed by atoms with Crippen LogP contribution in [0.2, 0.25) is 0 Å². The van der Waals surface area contributed by atoms with Gasteiger partial charge in [0.25, 0.3) is 0 Å². The fourth-order valence-electron chi connectivity index (χ4n) is 14.7. The Morgan fingerprint density at radius 1 is 0.383 bits per heavy atom. The van der Waals surface area contributed by atoms with Crippen molar-refractivity contribution in [2.45, 2.75) is 88.9 Å². The highest BCUT2D eigenvalue weighted by Crippen LogP contribution is 2.44. The summed E-state index contributed by atoms with van der Waals surface area (Å²) in [6.45, 7) is 20.1. The second kappa shape index (κ2) is 53.1. The third-order valence-corrected chi connectivity index (χ3v) is 22.9. The number of hydrazone groups is 2. The standard InChI is InChI=1S/C54H51N3O15S.C53H50N2O13/c1-4-47(58)66-32-43(68-49(60)6-3)31-65-38-19-21-40(22-20-38)69-50(61)33-11-13-35(14-12-33)52(63)71-42-27-28-45(37(29-42)30-55-57-54-56-44-9-7-8-10-46(44)73-54)72-53(64)36-17-15-34(16-18-36)51(62)70-41-25-23-39(24-26-41)67-48(59)5-2;1-4-48(56)62-29-12-11-28-61-33-42(67-50(58)6-3)34-64-40-22-20-38(21-23-40)53(60)68-47-26-17-36(27-30-63-52(59)37-18-24-41(25-19-37)65-35-66-49(57)5-2)31-39(47)32-54-55-51-45-15-9-7-13-43(45)44-14-8-10-16-46(44)51/h4-10,19-30,33-36,43H,1-3,11-18,31-32H2,(H,56,57);4-10,13-26,31-32,42,51,55H,1-3,11-12,27-30,33-35H2/b55-30+;54-32+. The molecule has 2 atom stereocenters. The van der Waals surface area contributed by atoms with E-state index in [1.807, 2.05) is 48.5 Å². The van der Waals surface area contributed by atoms with Crippen molar-refractivity contribution in [1.82, 2.24) is 10.4 Å². The molecule has 141 heavy (non-hydrogen) atoms. The van der Waals surface area contributed by atoms with Crippen LogP contribution in [-0.2, 0) is 87.5 Å². The highest BCUT2D eigenvalue weighted by atomic mass is 32.1. The molecule has 728 valence electrons. The van der Waals surface area contributed by atoms with Gasteiger partial charge in [0.2, 0.25) is 11.9 Å². The smallest absolute Gasteiger partial charge is 0.343 e. The highest BCUT2D eigenvalue weighted by molar-refractivity contribution is 7.22. The molecule has 10 aromatic rings. The molecule has 0 bridgehead atoms. The van der Waals surface area contributed by atoms with Crippen LogP contribution >= 0.6 is 11.3 Å². The third-order valence-electron chi connectivity index (χ3n) is 22.0. The van der Waals surface area contributed by atoms with Crippen LogP contribution in [0.4, 0.5) is 5.13 Å². The van der Waals surface area contributed by atoms with Crippen LogP contribution in [0.15, 0.2) is 292 Å². The molecular weight excluding hydrogens is 1840 g/mol. The van der Waals surface area contributed by atoms with Crippen molar-refractivity contribution < 1.29 is 133 Å². The summed E-state index contributed by atoms with van der Waals surface area (Å²) >= 11 is 1.41. The average molecular weight is 1940 g/mol. The number of thiazole rings is 1. The lowest BCUT2D eigenvalue weighted by molar-refractivity contribution is -0.154. The molecule has 34 heteroatoms. The van der Waals surface area contributed by atoms with E-state index in [2.05, 4.69) is 89.8 Å². The van der Waals surface area contributed by atoms with Crippen LogP contribution < -0.4 is 53.5 Å². The predicted octanol–water partition coefficient (Wildman–Crippen LogP) is 16.7. The molecule has 33 nitrogen and oxygen atoms in total. The first-order valence-corrected chi connectivity index (χ1v) is 45.7. The molecule has 0 spiro atoms. The van der Waals surface area contributed by atoms with Crippen molar-refractivity contribution in [3.63, 3.8) is 0 Å². The first-order chi connectivity index (χ1) is 68.5. The quantitative estimate of drug-likeness (QED) is 0.00523. The molecule has 2 fully saturated rings. The number of nitrogens with one attached hydrogen (secondary N) is 2. The molecular formula is C107H101N5O28S. The van der Waals surface area contributed by atoms with Gasteiger partial charge >= 0.3 is 71.6 Å². The molecule has 0 aliphatic heterocycles. The van der Waals surface area contributed by atoms with E-state index in [0.717, 1.165) is 74.5 Å². The summed E-state index contributed by atoms with van der Waals surface area (Å²) in [6.07, 6.45) is 12.2. The number of para-hydroxylation sites is 1. The van der Waals surface area contributed by atoms with Gasteiger partial charge < -0.3 is 75.8 Å². The minimum atomic E-state index is -0.919. The molecule has 3 aliphatic carbocycles. The van der Waals surface area contributed by atoms with Crippen LogP contribution in [0.1, 0.15) is 119 Å². The third kappa shape index (κ3) is 31.7.